The van der Waals surface area contributed by atoms with E-state index in [1.165, 1.54) is 13.8 Å². The van der Waals surface area contributed by atoms with Crippen LogP contribution in [-0.4, -0.2) is 193 Å². The highest BCUT2D eigenvalue weighted by Gasteiger charge is 2.33. The smallest absolute Gasteiger partial charge is 0.321 e. The van der Waals surface area contributed by atoms with E-state index in [0.717, 1.165) is 28.5 Å². The van der Waals surface area contributed by atoms with Crippen molar-refractivity contribution >= 4 is 111 Å². The second kappa shape index (κ2) is 40.8. The average Bonchev–Trinajstić information content (AvgIpc) is 3.39. The fourth-order valence-electron chi connectivity index (χ4n) is 6.79. The fraction of sp³-hybridized carbons (Fsp3) is 0.659. The molecule has 0 aromatic heterocycles. The highest BCUT2D eigenvalue weighted by atomic mass is 33.1. The molecule has 0 aromatic carbocycles. The monoisotopic (exact) mass is 1200 g/mol. The molecule has 0 rings (SSSR count). The zero-order chi connectivity index (χ0) is 62.5. The lowest BCUT2D eigenvalue weighted by molar-refractivity contribution is -0.138. The maximum atomic E-state index is 14.4. The Labute approximate surface area is 481 Å². The van der Waals surface area contributed by atoms with Gasteiger partial charge in [-0.2, -0.15) is 0 Å². The van der Waals surface area contributed by atoms with Gasteiger partial charge in [0.05, 0.1) is 0 Å². The normalized spacial score (nSPS) is 14.0. The number of carboxylic acid groups (broad SMARTS) is 1. The van der Waals surface area contributed by atoms with Crippen LogP contribution in [-0.2, 0) is 47.9 Å². The molecular weight excluding hydrogens is 1120 g/mol. The molecule has 9 amide bonds. The number of hydrogen-bond acceptors (Lipinski definition) is 18. The van der Waals surface area contributed by atoms with Crippen molar-refractivity contribution in [2.45, 2.75) is 139 Å². The van der Waals surface area contributed by atoms with E-state index in [4.69, 9.17) is 73.9 Å². The van der Waals surface area contributed by atoms with E-state index in [9.17, 15) is 47.9 Å². The van der Waals surface area contributed by atoms with Gasteiger partial charge in [-0.1, -0.05) is 21.6 Å². The SMILES string of the molecule is CC(=O)N[C@H](CSSC[C@H](N)C(=O)O)C(=O)N[C@H](C)C(=O)N[C@H](CCCN=C(N)N)C(=O)N[C@H](CCCN=C(N)N)C(=O)N[C@H](CCCN=C(N)N)C(=O)N[C@H](CCCN=C(N)N)C(=O)N[C@H](C)C(=O)N[C@H](CCCN=C(N)N)C(N)=O. The fourth-order valence-corrected chi connectivity index (χ4v) is 9.06. The first-order valence-corrected chi connectivity index (χ1v) is 28.1. The molecule has 0 aromatic rings. The summed E-state index contributed by atoms with van der Waals surface area (Å²) in [6.45, 7) is 3.88. The third kappa shape index (κ3) is 34.7. The minimum absolute atomic E-state index is 0.00323. The van der Waals surface area contributed by atoms with Crippen molar-refractivity contribution in [2.75, 3.05) is 44.2 Å². The standard InChI is InChI=1S/C44H85N25O11S2/c1-21(32(72)65-25(31(46)71)9-4-14-57-40(47)48)62-34(74)26(10-5-15-58-41(49)50)67-36(76)28(12-7-17-60-43(53)54)69-37(77)29(13-8-18-61-44(55)56)68-35(75)27(11-6-16-59-42(51)52)66-33(73)22(2)63-38(78)30(64-23(3)70)20-82-81-19-24(45)39(79)80/h21-22,24-30H,4-20,45H2,1-3H3,(H2,46,71)(H,62,74)(H,63,78)(H,64,70)(H,65,72)(H,66,73)(H,67,76)(H,68,75)(H,69,77)(H,79,80)(H4,47,48,57)(H4,49,50,58)(H4,51,52,59)(H4,53,54,60)(H4,55,56,61)/t21-,22-,24+,25-,26-,27-,28-,29-,30-/m1/s1. The van der Waals surface area contributed by atoms with Crippen LogP contribution in [0.2, 0.25) is 0 Å². The molecule has 0 radical (unpaired) electrons. The predicted octanol–water partition coefficient (Wildman–Crippen LogP) is -9.53. The number of guanidine groups is 5. The zero-order valence-electron chi connectivity index (χ0n) is 46.2. The first-order chi connectivity index (χ1) is 38.4. The highest BCUT2D eigenvalue weighted by molar-refractivity contribution is 8.76. The van der Waals surface area contributed by atoms with Gasteiger partial charge in [-0.25, -0.2) is 0 Å². The number of nitrogens with one attached hydrogen (secondary N) is 8. The molecule has 0 unspecified atom stereocenters. The largest absolute Gasteiger partial charge is 0.480 e. The molecule has 0 fully saturated rings. The zero-order valence-corrected chi connectivity index (χ0v) is 47.9. The molecule has 0 saturated heterocycles. The Kier molecular flexibility index (Phi) is 36.7. The quantitative estimate of drug-likeness (QED) is 0.0117. The van der Waals surface area contributed by atoms with E-state index in [1.807, 2.05) is 0 Å². The molecular formula is C44H85N25O11S2. The number of aliphatic carboxylic acids is 1. The van der Waals surface area contributed by atoms with Crippen LogP contribution in [0, 0.1) is 0 Å². The van der Waals surface area contributed by atoms with Crippen LogP contribution in [0.1, 0.15) is 85.0 Å². The molecule has 0 aliphatic heterocycles. The summed E-state index contributed by atoms with van der Waals surface area (Å²) in [4.78, 5) is 152. The van der Waals surface area contributed by atoms with Crippen molar-refractivity contribution in [2.24, 2.45) is 93.8 Å². The number of nitrogens with zero attached hydrogens (tertiary/aromatic N) is 5. The second-order valence-corrected chi connectivity index (χ2v) is 20.7. The number of rotatable bonds is 42. The number of aliphatic imine (C=N–C) groups is 5. The van der Waals surface area contributed by atoms with E-state index < -0.39 is 114 Å². The molecule has 38 heteroatoms. The molecule has 36 nitrogen and oxygen atoms in total. The Bertz CT molecular complexity index is 2270. The highest BCUT2D eigenvalue weighted by Crippen LogP contribution is 2.23. The molecule has 33 N–H and O–H groups in total. The van der Waals surface area contributed by atoms with Gasteiger partial charge in [-0.15, -0.1) is 0 Å². The molecule has 0 aliphatic carbocycles. The van der Waals surface area contributed by atoms with Crippen molar-refractivity contribution in [3.8, 4) is 0 Å². The number of amides is 9. The Hall–Kier alpha value is -8.29. The maximum absolute atomic E-state index is 14.4. The van der Waals surface area contributed by atoms with Gasteiger partial charge in [0, 0.05) is 51.2 Å². The van der Waals surface area contributed by atoms with Crippen molar-refractivity contribution in [1.82, 2.24) is 42.5 Å². The summed E-state index contributed by atoms with van der Waals surface area (Å²) in [5, 5.41) is 29.4. The summed E-state index contributed by atoms with van der Waals surface area (Å²) in [6, 6.07) is -12.0. The molecule has 9 atom stereocenters. The van der Waals surface area contributed by atoms with Crippen LogP contribution in [0.15, 0.2) is 25.0 Å². The first-order valence-electron chi connectivity index (χ1n) is 25.6. The molecule has 0 bridgehead atoms. The van der Waals surface area contributed by atoms with Crippen LogP contribution < -0.4 is 111 Å². The number of primary amides is 1. The van der Waals surface area contributed by atoms with E-state index in [2.05, 4.69) is 67.5 Å². The predicted molar refractivity (Wildman–Crippen MR) is 312 cm³/mol. The van der Waals surface area contributed by atoms with Gasteiger partial charge < -0.3 is 116 Å². The van der Waals surface area contributed by atoms with Gasteiger partial charge in [0.25, 0.3) is 0 Å². The minimum Gasteiger partial charge on any atom is -0.480 e. The second-order valence-electron chi connectivity index (χ2n) is 18.2. The Morgan fingerprint density at radius 3 is 0.915 bits per heavy atom. The van der Waals surface area contributed by atoms with Crippen molar-refractivity contribution < 1.29 is 53.1 Å². The number of nitrogens with two attached hydrogens (primary N) is 12. The number of carboxylic acids is 1. The first kappa shape index (κ1) is 73.7. The Morgan fingerprint density at radius 2 is 0.634 bits per heavy atom. The molecule has 0 heterocycles. The van der Waals surface area contributed by atoms with E-state index in [0.29, 0.717) is 0 Å². The van der Waals surface area contributed by atoms with Crippen LogP contribution in [0.4, 0.5) is 0 Å². The minimum atomic E-state index is -1.48. The Morgan fingerprint density at radius 1 is 0.378 bits per heavy atom. The number of hydrogen-bond donors (Lipinski definition) is 21. The summed E-state index contributed by atoms with van der Waals surface area (Å²) < 4.78 is 0. The third-order valence-electron chi connectivity index (χ3n) is 11.0. The van der Waals surface area contributed by atoms with Gasteiger partial charge in [0.2, 0.25) is 53.2 Å². The molecule has 0 aliphatic rings. The lowest BCUT2D eigenvalue weighted by Gasteiger charge is -2.27. The van der Waals surface area contributed by atoms with E-state index in [-0.39, 0.29) is 138 Å². The van der Waals surface area contributed by atoms with Crippen LogP contribution in [0.5, 0.6) is 0 Å². The Balaban J connectivity index is 6.95. The van der Waals surface area contributed by atoms with Gasteiger partial charge in [0.1, 0.15) is 54.4 Å². The van der Waals surface area contributed by atoms with Gasteiger partial charge >= 0.3 is 5.97 Å². The van der Waals surface area contributed by atoms with Crippen LogP contribution in [0.3, 0.4) is 0 Å². The number of carbonyl (C=O) groups is 10. The van der Waals surface area contributed by atoms with Crippen LogP contribution >= 0.6 is 21.6 Å². The summed E-state index contributed by atoms with van der Waals surface area (Å²) in [7, 11) is 2.10. The van der Waals surface area contributed by atoms with Crippen molar-refractivity contribution in [3.63, 3.8) is 0 Å². The molecule has 464 valence electrons. The van der Waals surface area contributed by atoms with Gasteiger partial charge in [0.15, 0.2) is 29.8 Å². The summed E-state index contributed by atoms with van der Waals surface area (Å²) >= 11 is 0. The summed E-state index contributed by atoms with van der Waals surface area (Å²) in [5.41, 5.74) is 65.8. The van der Waals surface area contributed by atoms with Crippen LogP contribution in [0.25, 0.3) is 0 Å². The van der Waals surface area contributed by atoms with Gasteiger partial charge in [-0.3, -0.25) is 72.9 Å². The van der Waals surface area contributed by atoms with Crippen molar-refractivity contribution in [1.29, 1.82) is 0 Å². The maximum Gasteiger partial charge on any atom is 0.321 e. The topological polar surface area (TPSA) is 661 Å². The summed E-state index contributed by atoms with van der Waals surface area (Å²) in [6.07, 6.45) is 0.103. The third-order valence-corrected chi connectivity index (χ3v) is 13.4. The van der Waals surface area contributed by atoms with E-state index >= 15 is 0 Å². The number of carbonyl (C=O) groups excluding carboxylic acids is 9. The van der Waals surface area contributed by atoms with E-state index in [1.54, 1.807) is 0 Å². The summed E-state index contributed by atoms with van der Waals surface area (Å²) in [5.74, 6) is -10.1. The molecule has 0 spiro atoms. The molecule has 0 saturated carbocycles. The lowest BCUT2D eigenvalue weighted by atomic mass is 10.0. The van der Waals surface area contributed by atoms with Gasteiger partial charge in [-0.05, 0) is 78.1 Å². The van der Waals surface area contributed by atoms with Crippen molar-refractivity contribution in [3.05, 3.63) is 0 Å². The average molecular weight is 1200 g/mol. The molecule has 82 heavy (non-hydrogen) atoms. The lowest BCUT2D eigenvalue weighted by Crippen LogP contribution is -2.60.